The van der Waals surface area contributed by atoms with Crippen molar-refractivity contribution >= 4 is 5.69 Å². The molecule has 0 spiro atoms. The minimum atomic E-state index is 0.817. The van der Waals surface area contributed by atoms with Gasteiger partial charge in [-0.1, -0.05) is 12.1 Å². The molecule has 0 unspecified atom stereocenters. The van der Waals surface area contributed by atoms with Crippen LogP contribution in [0.15, 0.2) is 36.8 Å². The van der Waals surface area contributed by atoms with Gasteiger partial charge in [0.05, 0.1) is 18.6 Å². The fourth-order valence-electron chi connectivity index (χ4n) is 1.73. The molecule has 0 radical (unpaired) electrons. The van der Waals surface area contributed by atoms with Gasteiger partial charge in [-0.25, -0.2) is 4.98 Å². The van der Waals surface area contributed by atoms with Crippen LogP contribution >= 0.6 is 0 Å². The summed E-state index contributed by atoms with van der Waals surface area (Å²) in [5.41, 5.74) is 3.64. The first-order valence-corrected chi connectivity index (χ1v) is 5.59. The Morgan fingerprint density at radius 3 is 3.00 bits per heavy atom. The number of benzene rings is 1. The van der Waals surface area contributed by atoms with Crippen LogP contribution in [0.5, 0.6) is 0 Å². The molecule has 2 aromatic rings. The van der Waals surface area contributed by atoms with Crippen LogP contribution in [0.3, 0.4) is 0 Å². The SMILES string of the molecule is CCn1cncc1CNc1cccc(C)c1. The molecule has 1 heterocycles. The van der Waals surface area contributed by atoms with Crippen molar-refractivity contribution in [3.05, 3.63) is 48.0 Å². The normalized spacial score (nSPS) is 10.4. The van der Waals surface area contributed by atoms with Gasteiger partial charge in [0.2, 0.25) is 0 Å². The molecule has 3 nitrogen and oxygen atoms in total. The number of hydrogen-bond donors (Lipinski definition) is 1. The molecule has 16 heavy (non-hydrogen) atoms. The molecule has 0 bridgehead atoms. The van der Waals surface area contributed by atoms with E-state index in [0.29, 0.717) is 0 Å². The molecule has 0 amide bonds. The van der Waals surface area contributed by atoms with Gasteiger partial charge in [-0.05, 0) is 31.5 Å². The fraction of sp³-hybridized carbons (Fsp3) is 0.308. The van der Waals surface area contributed by atoms with E-state index in [1.54, 1.807) is 0 Å². The van der Waals surface area contributed by atoms with E-state index in [-0.39, 0.29) is 0 Å². The van der Waals surface area contributed by atoms with Gasteiger partial charge < -0.3 is 9.88 Å². The van der Waals surface area contributed by atoms with E-state index in [4.69, 9.17) is 0 Å². The van der Waals surface area contributed by atoms with Crippen molar-refractivity contribution < 1.29 is 0 Å². The first-order chi connectivity index (χ1) is 7.79. The lowest BCUT2D eigenvalue weighted by molar-refractivity contribution is 0.719. The van der Waals surface area contributed by atoms with Gasteiger partial charge in [-0.15, -0.1) is 0 Å². The molecule has 0 saturated carbocycles. The summed E-state index contributed by atoms with van der Waals surface area (Å²) >= 11 is 0. The number of nitrogens with zero attached hydrogens (tertiary/aromatic N) is 2. The van der Waals surface area contributed by atoms with Gasteiger partial charge in [0.1, 0.15) is 0 Å². The second-order valence-electron chi connectivity index (χ2n) is 3.89. The van der Waals surface area contributed by atoms with E-state index >= 15 is 0 Å². The summed E-state index contributed by atoms with van der Waals surface area (Å²) in [5.74, 6) is 0. The molecule has 0 aliphatic rings. The van der Waals surface area contributed by atoms with Gasteiger partial charge >= 0.3 is 0 Å². The van der Waals surface area contributed by atoms with Crippen molar-refractivity contribution in [1.82, 2.24) is 9.55 Å². The van der Waals surface area contributed by atoms with Crippen LogP contribution in [0.4, 0.5) is 5.69 Å². The smallest absolute Gasteiger partial charge is 0.0948 e. The lowest BCUT2D eigenvalue weighted by Gasteiger charge is -2.08. The van der Waals surface area contributed by atoms with Gasteiger partial charge in [-0.3, -0.25) is 0 Å². The highest BCUT2D eigenvalue weighted by Gasteiger charge is 1.99. The lowest BCUT2D eigenvalue weighted by atomic mass is 10.2. The minimum Gasteiger partial charge on any atom is -0.379 e. The van der Waals surface area contributed by atoms with Crippen LogP contribution in [-0.4, -0.2) is 9.55 Å². The summed E-state index contributed by atoms with van der Waals surface area (Å²) in [6.07, 6.45) is 3.78. The maximum atomic E-state index is 4.15. The van der Waals surface area contributed by atoms with Crippen molar-refractivity contribution in [2.45, 2.75) is 26.9 Å². The van der Waals surface area contributed by atoms with E-state index in [0.717, 1.165) is 18.8 Å². The molecular formula is C13H17N3. The number of hydrogen-bond acceptors (Lipinski definition) is 2. The van der Waals surface area contributed by atoms with Crippen LogP contribution in [-0.2, 0) is 13.1 Å². The monoisotopic (exact) mass is 215 g/mol. The number of nitrogens with one attached hydrogen (secondary N) is 1. The third-order valence-electron chi connectivity index (χ3n) is 2.63. The number of imidazole rings is 1. The maximum Gasteiger partial charge on any atom is 0.0948 e. The number of aryl methyl sites for hydroxylation is 2. The molecule has 1 aromatic heterocycles. The molecule has 0 saturated heterocycles. The highest BCUT2D eigenvalue weighted by Crippen LogP contribution is 2.11. The highest BCUT2D eigenvalue weighted by molar-refractivity contribution is 5.45. The summed E-state index contributed by atoms with van der Waals surface area (Å²) in [5, 5.41) is 3.40. The van der Waals surface area contributed by atoms with Crippen LogP contribution in [0.1, 0.15) is 18.2 Å². The summed E-state index contributed by atoms with van der Waals surface area (Å²) in [4.78, 5) is 4.15. The van der Waals surface area contributed by atoms with Gasteiger partial charge in [0.25, 0.3) is 0 Å². The quantitative estimate of drug-likeness (QED) is 0.850. The first kappa shape index (κ1) is 10.7. The summed E-state index contributed by atoms with van der Waals surface area (Å²) < 4.78 is 2.14. The maximum absolute atomic E-state index is 4.15. The third-order valence-corrected chi connectivity index (χ3v) is 2.63. The van der Waals surface area contributed by atoms with E-state index in [2.05, 4.69) is 53.0 Å². The Morgan fingerprint density at radius 2 is 2.25 bits per heavy atom. The minimum absolute atomic E-state index is 0.817. The number of aromatic nitrogens is 2. The second kappa shape index (κ2) is 4.84. The molecular weight excluding hydrogens is 198 g/mol. The van der Waals surface area contributed by atoms with Crippen LogP contribution in [0.25, 0.3) is 0 Å². The molecule has 84 valence electrons. The van der Waals surface area contributed by atoms with E-state index in [9.17, 15) is 0 Å². The van der Waals surface area contributed by atoms with Gasteiger partial charge in [-0.2, -0.15) is 0 Å². The van der Waals surface area contributed by atoms with Crippen molar-refractivity contribution in [2.75, 3.05) is 5.32 Å². The molecule has 2 rings (SSSR count). The zero-order valence-electron chi connectivity index (χ0n) is 9.77. The summed E-state index contributed by atoms with van der Waals surface area (Å²) in [6, 6.07) is 8.39. The molecule has 0 fully saturated rings. The molecule has 3 heteroatoms. The van der Waals surface area contributed by atoms with Crippen LogP contribution in [0.2, 0.25) is 0 Å². The van der Waals surface area contributed by atoms with Crippen molar-refractivity contribution in [3.8, 4) is 0 Å². The highest BCUT2D eigenvalue weighted by atomic mass is 15.1. The van der Waals surface area contributed by atoms with E-state index in [1.807, 2.05) is 12.5 Å². The zero-order chi connectivity index (χ0) is 11.4. The topological polar surface area (TPSA) is 29.9 Å². The van der Waals surface area contributed by atoms with Crippen LogP contribution in [0, 0.1) is 6.92 Å². The number of anilines is 1. The Balaban J connectivity index is 2.02. The number of rotatable bonds is 4. The fourth-order valence-corrected chi connectivity index (χ4v) is 1.73. The Kier molecular flexibility index (Phi) is 3.25. The van der Waals surface area contributed by atoms with Crippen molar-refractivity contribution in [3.63, 3.8) is 0 Å². The average molecular weight is 215 g/mol. The molecule has 0 aliphatic carbocycles. The zero-order valence-corrected chi connectivity index (χ0v) is 9.77. The molecule has 1 aromatic carbocycles. The lowest BCUT2D eigenvalue weighted by Crippen LogP contribution is -2.05. The van der Waals surface area contributed by atoms with E-state index in [1.165, 1.54) is 11.3 Å². The predicted molar refractivity (Wildman–Crippen MR) is 66.4 cm³/mol. The Labute approximate surface area is 96.1 Å². The molecule has 0 atom stereocenters. The summed E-state index contributed by atoms with van der Waals surface area (Å²) in [7, 11) is 0. The van der Waals surface area contributed by atoms with Gasteiger partial charge in [0, 0.05) is 18.4 Å². The Hall–Kier alpha value is -1.77. The first-order valence-electron chi connectivity index (χ1n) is 5.59. The standard InChI is InChI=1S/C13H17N3/c1-3-16-10-14-8-13(16)9-15-12-6-4-5-11(2)7-12/h4-8,10,15H,3,9H2,1-2H3. The van der Waals surface area contributed by atoms with Crippen molar-refractivity contribution in [2.24, 2.45) is 0 Å². The van der Waals surface area contributed by atoms with Crippen LogP contribution < -0.4 is 5.32 Å². The molecule has 0 aliphatic heterocycles. The average Bonchev–Trinajstić information content (AvgIpc) is 2.74. The second-order valence-corrected chi connectivity index (χ2v) is 3.89. The largest absolute Gasteiger partial charge is 0.379 e. The molecule has 1 N–H and O–H groups in total. The summed E-state index contributed by atoms with van der Waals surface area (Å²) in [6.45, 7) is 6.00. The Morgan fingerprint density at radius 1 is 1.38 bits per heavy atom. The predicted octanol–water partition coefficient (Wildman–Crippen LogP) is 2.82. The van der Waals surface area contributed by atoms with Crippen molar-refractivity contribution in [1.29, 1.82) is 0 Å². The Bertz CT molecular complexity index is 460. The third kappa shape index (κ3) is 2.42. The van der Waals surface area contributed by atoms with Gasteiger partial charge in [0.15, 0.2) is 0 Å². The van der Waals surface area contributed by atoms with E-state index < -0.39 is 0 Å².